The van der Waals surface area contributed by atoms with Gasteiger partial charge in [0.05, 0.1) is 19.5 Å². The largest absolute Gasteiger partial charge is 0.497 e. The highest BCUT2D eigenvalue weighted by atomic mass is 16.5. The van der Waals surface area contributed by atoms with E-state index in [0.717, 1.165) is 78.5 Å². The Balaban J connectivity index is 1.19. The number of methoxy groups -OCH3 is 1. The van der Waals surface area contributed by atoms with Crippen LogP contribution in [-0.4, -0.2) is 54.7 Å². The lowest BCUT2D eigenvalue weighted by molar-refractivity contribution is -0.125. The minimum atomic E-state index is -0.449. The number of fused-ring (bicyclic) bond motifs is 2. The van der Waals surface area contributed by atoms with E-state index in [1.807, 2.05) is 48.7 Å². The number of hydrogen-bond acceptors (Lipinski definition) is 6. The molecule has 0 bridgehead atoms. The number of anilines is 1. The number of nitrogens with one attached hydrogen (secondary N) is 1. The summed E-state index contributed by atoms with van der Waals surface area (Å²) in [7, 11) is 1.69. The predicted molar refractivity (Wildman–Crippen MR) is 144 cm³/mol. The molecule has 2 saturated heterocycles. The van der Waals surface area contributed by atoms with E-state index in [0.29, 0.717) is 13.3 Å². The Bertz CT molecular complexity index is 1320. The van der Waals surface area contributed by atoms with Crippen LogP contribution >= 0.6 is 0 Å². The number of likely N-dealkylation sites (tertiary alicyclic amines) is 1. The lowest BCUT2D eigenvalue weighted by Gasteiger charge is -2.43. The molecule has 0 unspecified atom stereocenters. The Morgan fingerprint density at radius 3 is 2.73 bits per heavy atom. The maximum atomic E-state index is 13.0. The number of rotatable bonds is 5. The molecule has 2 fully saturated rings. The summed E-state index contributed by atoms with van der Waals surface area (Å²) in [6.07, 6.45) is 6.66. The highest BCUT2D eigenvalue weighted by molar-refractivity contribution is 5.93. The van der Waals surface area contributed by atoms with Gasteiger partial charge in [-0.25, -0.2) is 0 Å². The fourth-order valence-corrected chi connectivity index (χ4v) is 5.85. The van der Waals surface area contributed by atoms with Crippen molar-refractivity contribution in [3.8, 4) is 11.5 Å². The van der Waals surface area contributed by atoms with E-state index in [-0.39, 0.29) is 5.91 Å². The van der Waals surface area contributed by atoms with E-state index >= 15 is 0 Å². The van der Waals surface area contributed by atoms with Crippen molar-refractivity contribution in [1.29, 1.82) is 0 Å². The molecule has 1 spiro atoms. The Morgan fingerprint density at radius 2 is 1.92 bits per heavy atom. The SMILES string of the molecule is COc1ccc2c(c1)/C(=C\CCN1CCC3(CC1)C(=O)NCN3c1ccccc1)c1cccnc1CO2. The summed E-state index contributed by atoms with van der Waals surface area (Å²) in [5, 5.41) is 3.09. The molecule has 4 heterocycles. The third-order valence-electron chi connectivity index (χ3n) is 7.90. The van der Waals surface area contributed by atoms with Crippen LogP contribution in [0.2, 0.25) is 0 Å². The van der Waals surface area contributed by atoms with Gasteiger partial charge in [0.2, 0.25) is 5.91 Å². The van der Waals surface area contributed by atoms with Gasteiger partial charge in [-0.1, -0.05) is 30.3 Å². The lowest BCUT2D eigenvalue weighted by Crippen LogP contribution is -2.56. The number of hydrogen-bond donors (Lipinski definition) is 1. The number of nitrogens with zero attached hydrogens (tertiary/aromatic N) is 3. The maximum absolute atomic E-state index is 13.0. The van der Waals surface area contributed by atoms with Crippen LogP contribution < -0.4 is 19.7 Å². The predicted octanol–water partition coefficient (Wildman–Crippen LogP) is 4.23. The first-order valence-electron chi connectivity index (χ1n) is 13.0. The lowest BCUT2D eigenvalue weighted by atomic mass is 9.85. The van der Waals surface area contributed by atoms with Gasteiger partial charge < -0.3 is 24.6 Å². The van der Waals surface area contributed by atoms with Crippen LogP contribution in [0.25, 0.3) is 5.57 Å². The molecule has 6 rings (SSSR count). The smallest absolute Gasteiger partial charge is 0.247 e. The van der Waals surface area contributed by atoms with Crippen molar-refractivity contribution in [2.24, 2.45) is 0 Å². The summed E-state index contributed by atoms with van der Waals surface area (Å²) in [6.45, 7) is 3.74. The van der Waals surface area contributed by atoms with Gasteiger partial charge in [0.15, 0.2) is 0 Å². The van der Waals surface area contributed by atoms with Crippen LogP contribution in [0.4, 0.5) is 5.69 Å². The third-order valence-corrected chi connectivity index (χ3v) is 7.90. The molecule has 2 aromatic carbocycles. The molecule has 0 atom stereocenters. The monoisotopic (exact) mass is 496 g/mol. The van der Waals surface area contributed by atoms with Crippen LogP contribution in [0, 0.1) is 0 Å². The van der Waals surface area contributed by atoms with Crippen molar-refractivity contribution < 1.29 is 14.3 Å². The summed E-state index contributed by atoms with van der Waals surface area (Å²) in [4.78, 5) is 22.3. The number of para-hydroxylation sites is 1. The van der Waals surface area contributed by atoms with E-state index in [2.05, 4.69) is 44.4 Å². The second kappa shape index (κ2) is 9.90. The van der Waals surface area contributed by atoms with Crippen LogP contribution in [0.15, 0.2) is 72.9 Å². The van der Waals surface area contributed by atoms with E-state index < -0.39 is 5.54 Å². The Hall–Kier alpha value is -3.84. The Kier molecular flexibility index (Phi) is 6.30. The van der Waals surface area contributed by atoms with Crippen LogP contribution in [0.3, 0.4) is 0 Å². The van der Waals surface area contributed by atoms with Crippen molar-refractivity contribution in [3.05, 3.63) is 89.8 Å². The number of carbonyl (C=O) groups is 1. The molecular formula is C30H32N4O3. The molecule has 190 valence electrons. The van der Waals surface area contributed by atoms with Gasteiger partial charge in [-0.05, 0) is 61.2 Å². The highest BCUT2D eigenvalue weighted by Crippen LogP contribution is 2.39. The second-order valence-corrected chi connectivity index (χ2v) is 9.86. The molecule has 0 aliphatic carbocycles. The molecular weight excluding hydrogens is 464 g/mol. The van der Waals surface area contributed by atoms with E-state index in [9.17, 15) is 4.79 Å². The zero-order valence-electron chi connectivity index (χ0n) is 21.2. The first-order valence-corrected chi connectivity index (χ1v) is 13.0. The molecule has 3 aliphatic heterocycles. The standard InChI is InChI=1S/C30H32N4O3/c1-36-23-11-12-28-26(19-23)24(25-9-5-15-31-27(25)20-37-28)10-6-16-33-17-13-30(14-18-33)29(35)32-21-34(30)22-7-3-2-4-8-22/h2-5,7-12,15,19H,6,13-14,16-18,20-21H2,1H3,(H,32,35)/b24-10-. The minimum Gasteiger partial charge on any atom is -0.497 e. The van der Waals surface area contributed by atoms with Crippen molar-refractivity contribution in [2.45, 2.75) is 31.4 Å². The quantitative estimate of drug-likeness (QED) is 0.570. The first kappa shape index (κ1) is 23.6. The molecule has 7 nitrogen and oxygen atoms in total. The van der Waals surface area contributed by atoms with Crippen molar-refractivity contribution in [1.82, 2.24) is 15.2 Å². The first-order chi connectivity index (χ1) is 18.2. The van der Waals surface area contributed by atoms with E-state index in [1.54, 1.807) is 7.11 Å². The highest BCUT2D eigenvalue weighted by Gasteiger charge is 2.50. The molecule has 7 heteroatoms. The van der Waals surface area contributed by atoms with Crippen LogP contribution in [0.5, 0.6) is 11.5 Å². The van der Waals surface area contributed by atoms with Gasteiger partial charge >= 0.3 is 0 Å². The summed E-state index contributed by atoms with van der Waals surface area (Å²) in [6, 6.07) is 20.3. The molecule has 1 aromatic heterocycles. The van der Waals surface area contributed by atoms with Gasteiger partial charge in [-0.3, -0.25) is 9.78 Å². The van der Waals surface area contributed by atoms with Crippen molar-refractivity contribution >= 4 is 17.2 Å². The number of amides is 1. The molecule has 1 amide bonds. The molecule has 0 radical (unpaired) electrons. The molecule has 3 aliphatic rings. The van der Waals surface area contributed by atoms with Crippen LogP contribution in [0.1, 0.15) is 36.1 Å². The van der Waals surface area contributed by atoms with Gasteiger partial charge in [-0.15, -0.1) is 0 Å². The molecule has 37 heavy (non-hydrogen) atoms. The molecule has 1 N–H and O–H groups in total. The van der Waals surface area contributed by atoms with Gasteiger partial charge in [0.1, 0.15) is 23.6 Å². The normalized spacial score (nSPS) is 19.6. The molecule has 0 saturated carbocycles. The minimum absolute atomic E-state index is 0.159. The fraction of sp³-hybridized carbons (Fsp3) is 0.333. The fourth-order valence-electron chi connectivity index (χ4n) is 5.85. The van der Waals surface area contributed by atoms with E-state index in [4.69, 9.17) is 9.47 Å². The number of ether oxygens (including phenoxy) is 2. The Morgan fingerprint density at radius 1 is 1.08 bits per heavy atom. The number of aromatic nitrogens is 1. The van der Waals surface area contributed by atoms with Crippen LogP contribution in [-0.2, 0) is 11.4 Å². The third kappa shape index (κ3) is 4.33. The number of carbonyl (C=O) groups excluding carboxylic acids is 1. The van der Waals surface area contributed by atoms with Gasteiger partial charge in [0.25, 0.3) is 0 Å². The zero-order chi connectivity index (χ0) is 25.2. The summed E-state index contributed by atoms with van der Waals surface area (Å²) >= 11 is 0. The average molecular weight is 497 g/mol. The topological polar surface area (TPSA) is 66.9 Å². The summed E-state index contributed by atoms with van der Waals surface area (Å²) in [5.74, 6) is 1.81. The average Bonchev–Trinajstić information content (AvgIpc) is 3.17. The Labute approximate surface area is 217 Å². The number of piperidine rings is 1. The summed E-state index contributed by atoms with van der Waals surface area (Å²) < 4.78 is 11.6. The zero-order valence-corrected chi connectivity index (χ0v) is 21.2. The maximum Gasteiger partial charge on any atom is 0.247 e. The van der Waals surface area contributed by atoms with E-state index in [1.165, 1.54) is 0 Å². The van der Waals surface area contributed by atoms with Crippen molar-refractivity contribution in [2.75, 3.05) is 38.3 Å². The van der Waals surface area contributed by atoms with Crippen molar-refractivity contribution in [3.63, 3.8) is 0 Å². The number of pyridine rings is 1. The van der Waals surface area contributed by atoms with Gasteiger partial charge in [-0.2, -0.15) is 0 Å². The summed E-state index contributed by atoms with van der Waals surface area (Å²) in [5.41, 5.74) is 4.87. The number of benzene rings is 2. The van der Waals surface area contributed by atoms with Gasteiger partial charge in [0, 0.05) is 42.6 Å². The molecule has 3 aromatic rings. The second-order valence-electron chi connectivity index (χ2n) is 9.86.